The number of H-pyrrole nitrogens is 2. The van der Waals surface area contributed by atoms with Crippen LogP contribution in [0.1, 0.15) is 11.6 Å². The fourth-order valence-electron chi connectivity index (χ4n) is 2.32. The van der Waals surface area contributed by atoms with Crippen LogP contribution < -0.4 is 5.56 Å². The largest absolute Gasteiger partial charge is 0.479 e. The Hall–Kier alpha value is -2.67. The van der Waals surface area contributed by atoms with Crippen molar-refractivity contribution in [1.29, 1.82) is 0 Å². The highest BCUT2D eigenvalue weighted by Crippen LogP contribution is 2.21. The van der Waals surface area contributed by atoms with Gasteiger partial charge in [-0.05, 0) is 11.6 Å². The highest BCUT2D eigenvalue weighted by molar-refractivity contribution is 7.71. The lowest BCUT2D eigenvalue weighted by molar-refractivity contribution is -0.139. The zero-order valence-corrected chi connectivity index (χ0v) is 11.6. The molecular weight excluding hydrogens is 290 g/mol. The summed E-state index contributed by atoms with van der Waals surface area (Å²) in [5.41, 5.74) is 0.785. The minimum Gasteiger partial charge on any atom is -0.479 e. The van der Waals surface area contributed by atoms with Crippen molar-refractivity contribution in [3.63, 3.8) is 0 Å². The molecule has 0 aliphatic rings. The third-order valence-electron chi connectivity index (χ3n) is 3.28. The van der Waals surface area contributed by atoms with E-state index in [4.69, 9.17) is 12.2 Å². The number of benzene rings is 1. The Morgan fingerprint density at radius 3 is 2.57 bits per heavy atom. The summed E-state index contributed by atoms with van der Waals surface area (Å²) < 4.78 is 1.60. The molecule has 106 valence electrons. The smallest absolute Gasteiger partial charge is 0.331 e. The Morgan fingerprint density at radius 2 is 1.90 bits per heavy atom. The number of aromatic nitrogens is 3. The molecule has 21 heavy (non-hydrogen) atoms. The molecule has 0 spiro atoms. The van der Waals surface area contributed by atoms with Crippen LogP contribution in [0.25, 0.3) is 10.9 Å². The number of carboxylic acids is 1. The number of fused-ring (bicyclic) bond motifs is 1. The van der Waals surface area contributed by atoms with Gasteiger partial charge < -0.3 is 9.67 Å². The van der Waals surface area contributed by atoms with Gasteiger partial charge in [-0.2, -0.15) is 0 Å². The summed E-state index contributed by atoms with van der Waals surface area (Å²) in [5.74, 6) is -1.04. The van der Waals surface area contributed by atoms with Crippen molar-refractivity contribution in [3.05, 3.63) is 63.2 Å². The minimum atomic E-state index is -1.04. The molecule has 0 fully saturated rings. The molecule has 3 aromatic rings. The molecule has 1 aromatic carbocycles. The lowest BCUT2D eigenvalue weighted by Gasteiger charge is -2.17. The Labute approximate surface area is 123 Å². The van der Waals surface area contributed by atoms with Crippen molar-refractivity contribution in [2.45, 2.75) is 6.04 Å². The quantitative estimate of drug-likeness (QED) is 0.646. The van der Waals surface area contributed by atoms with Crippen LogP contribution in [-0.2, 0) is 4.79 Å². The Morgan fingerprint density at radius 1 is 1.19 bits per heavy atom. The van der Waals surface area contributed by atoms with Gasteiger partial charge >= 0.3 is 5.97 Å². The van der Waals surface area contributed by atoms with Gasteiger partial charge in [-0.25, -0.2) is 4.79 Å². The normalized spacial score (nSPS) is 12.4. The third kappa shape index (κ3) is 2.17. The van der Waals surface area contributed by atoms with E-state index in [1.807, 2.05) is 6.07 Å². The summed E-state index contributed by atoms with van der Waals surface area (Å²) in [4.78, 5) is 23.4. The summed E-state index contributed by atoms with van der Waals surface area (Å²) in [6.07, 6.45) is 1.57. The zero-order chi connectivity index (χ0) is 15.0. The molecule has 0 aliphatic heterocycles. The summed E-state index contributed by atoms with van der Waals surface area (Å²) >= 11 is 5.29. The fraction of sp³-hybridized carbons (Fsp3) is 0.0714. The monoisotopic (exact) mass is 301 g/mol. The Balaban J connectivity index is 2.29. The van der Waals surface area contributed by atoms with Crippen molar-refractivity contribution in [2.24, 2.45) is 0 Å². The molecule has 0 saturated carbocycles. The van der Waals surface area contributed by atoms with E-state index in [9.17, 15) is 14.7 Å². The van der Waals surface area contributed by atoms with Crippen molar-refractivity contribution < 1.29 is 9.90 Å². The number of carboxylic acid groups (broad SMARTS) is 1. The van der Waals surface area contributed by atoms with Gasteiger partial charge in [0.2, 0.25) is 0 Å². The molecule has 7 heteroatoms. The highest BCUT2D eigenvalue weighted by atomic mass is 32.1. The second kappa shape index (κ2) is 5.02. The molecule has 6 nitrogen and oxygen atoms in total. The fourth-order valence-corrected chi connectivity index (χ4v) is 2.69. The van der Waals surface area contributed by atoms with E-state index in [-0.39, 0.29) is 15.6 Å². The molecule has 3 rings (SSSR count). The molecule has 0 amide bonds. The van der Waals surface area contributed by atoms with Crippen LogP contribution in [0.2, 0.25) is 0 Å². The van der Waals surface area contributed by atoms with E-state index in [0.29, 0.717) is 11.1 Å². The molecule has 1 atom stereocenters. The molecular formula is C14H11N3O3S. The van der Waals surface area contributed by atoms with Crippen LogP contribution in [0.3, 0.4) is 0 Å². The van der Waals surface area contributed by atoms with Crippen LogP contribution in [0.5, 0.6) is 0 Å². The number of pyridine rings is 1. The van der Waals surface area contributed by atoms with E-state index in [2.05, 4.69) is 10.2 Å². The molecule has 0 aliphatic carbocycles. The third-order valence-corrected chi connectivity index (χ3v) is 3.70. The zero-order valence-electron chi connectivity index (χ0n) is 10.7. The topological polar surface area (TPSA) is 90.9 Å². The number of carbonyl (C=O) groups is 1. The molecule has 1 unspecified atom stereocenters. The maximum absolute atomic E-state index is 11.8. The van der Waals surface area contributed by atoms with Crippen molar-refractivity contribution >= 4 is 29.1 Å². The minimum absolute atomic E-state index is 0.186. The first-order valence-corrected chi connectivity index (χ1v) is 6.59. The second-order valence-electron chi connectivity index (χ2n) is 4.55. The predicted octanol–water partition coefficient (Wildman–Crippen LogP) is 2.06. The lowest BCUT2D eigenvalue weighted by atomic mass is 10.1. The van der Waals surface area contributed by atoms with Gasteiger partial charge in [0.1, 0.15) is 10.0 Å². The number of nitrogens with one attached hydrogen (secondary N) is 2. The first-order chi connectivity index (χ1) is 10.1. The van der Waals surface area contributed by atoms with Crippen LogP contribution in [0.15, 0.2) is 47.4 Å². The van der Waals surface area contributed by atoms with E-state index in [0.717, 1.165) is 0 Å². The van der Waals surface area contributed by atoms with Gasteiger partial charge in [0.15, 0.2) is 6.04 Å². The van der Waals surface area contributed by atoms with E-state index in [1.54, 1.807) is 36.5 Å². The van der Waals surface area contributed by atoms with Crippen LogP contribution in [0, 0.1) is 4.64 Å². The van der Waals surface area contributed by atoms with Gasteiger partial charge in [0, 0.05) is 6.20 Å². The van der Waals surface area contributed by atoms with Gasteiger partial charge in [-0.3, -0.25) is 15.0 Å². The van der Waals surface area contributed by atoms with Gasteiger partial charge in [0.05, 0.1) is 5.52 Å². The van der Waals surface area contributed by atoms with Gasteiger partial charge in [0.25, 0.3) is 5.56 Å². The molecule has 0 bridgehead atoms. The number of hydrogen-bond donors (Lipinski definition) is 3. The molecule has 2 aromatic heterocycles. The number of nitrogens with zero attached hydrogens (tertiary/aromatic N) is 1. The Kier molecular flexibility index (Phi) is 3.19. The number of aromatic amines is 2. The van der Waals surface area contributed by atoms with Crippen molar-refractivity contribution in [2.75, 3.05) is 0 Å². The first-order valence-electron chi connectivity index (χ1n) is 6.19. The summed E-state index contributed by atoms with van der Waals surface area (Å²) in [6, 6.07) is 9.41. The highest BCUT2D eigenvalue weighted by Gasteiger charge is 2.22. The second-order valence-corrected chi connectivity index (χ2v) is 4.93. The van der Waals surface area contributed by atoms with Crippen LogP contribution >= 0.6 is 12.2 Å². The number of rotatable bonds is 3. The van der Waals surface area contributed by atoms with Crippen LogP contribution in [-0.4, -0.2) is 25.8 Å². The standard InChI is InChI=1S/C14H11N3O3S/c18-12-10-9(15-16-12)6-7-17(13(10)21)11(14(19)20)8-4-2-1-3-5-8/h1-7,11H,(H,19,20)(H2,15,16,18). The average molecular weight is 301 g/mol. The number of aliphatic carboxylic acids is 1. The predicted molar refractivity (Wildman–Crippen MR) is 80.0 cm³/mol. The molecule has 0 radical (unpaired) electrons. The number of hydrogen-bond acceptors (Lipinski definition) is 3. The first kappa shape index (κ1) is 13.3. The van der Waals surface area contributed by atoms with Crippen molar-refractivity contribution in [3.8, 4) is 0 Å². The molecule has 0 saturated heterocycles. The average Bonchev–Trinajstić information content (AvgIpc) is 2.85. The van der Waals surface area contributed by atoms with Gasteiger partial charge in [-0.1, -0.05) is 42.5 Å². The van der Waals surface area contributed by atoms with Crippen LogP contribution in [0.4, 0.5) is 0 Å². The summed E-state index contributed by atoms with van der Waals surface area (Å²) in [5, 5.41) is 15.0. The Bertz CT molecular complexity index is 924. The van der Waals surface area contributed by atoms with E-state index >= 15 is 0 Å². The lowest BCUT2D eigenvalue weighted by Crippen LogP contribution is -2.21. The van der Waals surface area contributed by atoms with Crippen molar-refractivity contribution in [1.82, 2.24) is 14.8 Å². The van der Waals surface area contributed by atoms with E-state index < -0.39 is 12.0 Å². The summed E-state index contributed by atoms with van der Waals surface area (Å²) in [6.45, 7) is 0. The maximum atomic E-state index is 11.8. The molecule has 2 heterocycles. The van der Waals surface area contributed by atoms with E-state index in [1.165, 1.54) is 4.57 Å². The van der Waals surface area contributed by atoms with Gasteiger partial charge in [-0.15, -0.1) is 0 Å². The summed E-state index contributed by atoms with van der Waals surface area (Å²) in [7, 11) is 0. The maximum Gasteiger partial charge on any atom is 0.331 e. The molecule has 3 N–H and O–H groups in total. The SMILES string of the molecule is O=C(O)C(c1ccccc1)n1ccc2[nH][nH]c(=O)c2c1=S.